The van der Waals surface area contributed by atoms with Gasteiger partial charge in [-0.15, -0.1) is 0 Å². The highest BCUT2D eigenvalue weighted by Crippen LogP contribution is 2.19. The number of nitro groups is 1. The van der Waals surface area contributed by atoms with Gasteiger partial charge in [0.25, 0.3) is 0 Å². The first kappa shape index (κ1) is 12.4. The normalized spacial score (nSPS) is 9.88. The van der Waals surface area contributed by atoms with Crippen LogP contribution in [0.3, 0.4) is 0 Å². The summed E-state index contributed by atoms with van der Waals surface area (Å²) in [5.74, 6) is -0.825. The number of hydrogen-bond acceptors (Lipinski definition) is 5. The third-order valence-corrected chi connectivity index (χ3v) is 2.09. The Morgan fingerprint density at radius 2 is 2.38 bits per heavy atom. The lowest BCUT2D eigenvalue weighted by atomic mass is 10.2. The van der Waals surface area contributed by atoms with E-state index >= 15 is 0 Å². The molecule has 0 amide bonds. The van der Waals surface area contributed by atoms with E-state index in [1.54, 1.807) is 6.92 Å². The average Bonchev–Trinajstić information content (AvgIpc) is 2.21. The van der Waals surface area contributed by atoms with Crippen molar-refractivity contribution < 1.29 is 14.5 Å². The lowest BCUT2D eigenvalue weighted by Gasteiger charge is -2.02. The number of carbonyl (C=O) groups is 1. The molecular formula is C9H9ClN2O4. The van der Waals surface area contributed by atoms with Crippen LogP contribution in [-0.4, -0.2) is 22.5 Å². The second kappa shape index (κ2) is 5.41. The highest BCUT2D eigenvalue weighted by Gasteiger charge is 2.15. The average molecular weight is 245 g/mol. The van der Waals surface area contributed by atoms with E-state index in [4.69, 9.17) is 16.3 Å². The number of carbonyl (C=O) groups excluding carboxylic acids is 1. The summed E-state index contributed by atoms with van der Waals surface area (Å²) < 4.78 is 4.71. The molecule has 86 valence electrons. The summed E-state index contributed by atoms with van der Waals surface area (Å²) in [6.45, 7) is 1.93. The van der Waals surface area contributed by atoms with Gasteiger partial charge in [-0.05, 0) is 22.4 Å². The van der Waals surface area contributed by atoms with Gasteiger partial charge >= 0.3 is 11.8 Å². The van der Waals surface area contributed by atoms with Crippen LogP contribution in [0.25, 0.3) is 0 Å². The highest BCUT2D eigenvalue weighted by molar-refractivity contribution is 6.31. The molecule has 0 aromatic carbocycles. The van der Waals surface area contributed by atoms with Gasteiger partial charge in [0.15, 0.2) is 6.20 Å². The fourth-order valence-corrected chi connectivity index (χ4v) is 1.24. The standard InChI is InChI=1S/C9H9ClN2O4/c1-2-16-9(13)4-6-3-8(12(14)15)11-5-7(6)10/h3,5H,2,4H2,1H3. The fourth-order valence-electron chi connectivity index (χ4n) is 1.07. The quantitative estimate of drug-likeness (QED) is 0.458. The number of aromatic nitrogens is 1. The molecule has 1 aromatic heterocycles. The molecular weight excluding hydrogens is 236 g/mol. The van der Waals surface area contributed by atoms with Crippen molar-refractivity contribution in [1.82, 2.24) is 4.98 Å². The molecule has 6 nitrogen and oxygen atoms in total. The molecule has 0 saturated carbocycles. The summed E-state index contributed by atoms with van der Waals surface area (Å²) in [5, 5.41) is 10.7. The van der Waals surface area contributed by atoms with E-state index in [1.165, 1.54) is 6.07 Å². The predicted octanol–water partition coefficient (Wildman–Crippen LogP) is 1.75. The third kappa shape index (κ3) is 3.16. The smallest absolute Gasteiger partial charge is 0.363 e. The van der Waals surface area contributed by atoms with E-state index in [2.05, 4.69) is 4.98 Å². The van der Waals surface area contributed by atoms with Crippen LogP contribution in [0.4, 0.5) is 5.82 Å². The van der Waals surface area contributed by atoms with Crippen LogP contribution in [0, 0.1) is 10.1 Å². The minimum atomic E-state index is -0.648. The fraction of sp³-hybridized carbons (Fsp3) is 0.333. The Bertz CT molecular complexity index is 422. The van der Waals surface area contributed by atoms with Crippen LogP contribution < -0.4 is 0 Å². The highest BCUT2D eigenvalue weighted by atomic mass is 35.5. The SMILES string of the molecule is CCOC(=O)Cc1cc([N+](=O)[O-])ncc1Cl. The minimum Gasteiger partial charge on any atom is -0.466 e. The summed E-state index contributed by atoms with van der Waals surface area (Å²) in [7, 11) is 0. The number of ether oxygens (including phenoxy) is 1. The lowest BCUT2D eigenvalue weighted by Crippen LogP contribution is -2.08. The van der Waals surface area contributed by atoms with Crippen molar-refractivity contribution in [3.63, 3.8) is 0 Å². The van der Waals surface area contributed by atoms with Crippen LogP contribution in [0.15, 0.2) is 12.3 Å². The van der Waals surface area contributed by atoms with Crippen molar-refractivity contribution >= 4 is 23.4 Å². The molecule has 1 heterocycles. The molecule has 1 aromatic rings. The zero-order valence-corrected chi connectivity index (χ0v) is 9.23. The Hall–Kier alpha value is -1.69. The molecule has 0 aliphatic rings. The Balaban J connectivity index is 2.90. The monoisotopic (exact) mass is 244 g/mol. The Morgan fingerprint density at radius 3 is 2.94 bits per heavy atom. The summed E-state index contributed by atoms with van der Waals surface area (Å²) in [6.07, 6.45) is 1.05. The maximum absolute atomic E-state index is 11.2. The van der Waals surface area contributed by atoms with Gasteiger partial charge in [-0.3, -0.25) is 4.79 Å². The maximum atomic E-state index is 11.2. The summed E-state index contributed by atoms with van der Waals surface area (Å²) in [4.78, 5) is 24.5. The topological polar surface area (TPSA) is 82.3 Å². The molecule has 0 fully saturated rings. The molecule has 0 radical (unpaired) electrons. The van der Waals surface area contributed by atoms with E-state index in [0.29, 0.717) is 5.56 Å². The summed E-state index contributed by atoms with van der Waals surface area (Å²) >= 11 is 5.75. The number of nitrogens with zero attached hydrogens (tertiary/aromatic N) is 2. The van der Waals surface area contributed by atoms with Crippen LogP contribution >= 0.6 is 11.6 Å². The molecule has 0 saturated heterocycles. The van der Waals surface area contributed by atoms with Crippen LogP contribution in [0.5, 0.6) is 0 Å². The van der Waals surface area contributed by atoms with Gasteiger partial charge in [-0.2, -0.15) is 0 Å². The number of halogens is 1. The van der Waals surface area contributed by atoms with Gasteiger partial charge in [0.2, 0.25) is 0 Å². The van der Waals surface area contributed by atoms with Crippen molar-refractivity contribution in [3.8, 4) is 0 Å². The Morgan fingerprint density at radius 1 is 1.69 bits per heavy atom. The predicted molar refractivity (Wildman–Crippen MR) is 56.2 cm³/mol. The summed E-state index contributed by atoms with van der Waals surface area (Å²) in [6, 6.07) is 1.17. The van der Waals surface area contributed by atoms with Crippen LogP contribution in [-0.2, 0) is 16.0 Å². The van der Waals surface area contributed by atoms with Gasteiger partial charge in [-0.25, -0.2) is 0 Å². The van der Waals surface area contributed by atoms with Crippen molar-refractivity contribution in [1.29, 1.82) is 0 Å². The van der Waals surface area contributed by atoms with Gasteiger partial charge in [-0.1, -0.05) is 11.6 Å². The molecule has 1 rings (SSSR count). The molecule has 0 N–H and O–H groups in total. The van der Waals surface area contributed by atoms with E-state index in [0.717, 1.165) is 6.20 Å². The molecule has 0 aliphatic carbocycles. The molecule has 0 aliphatic heterocycles. The molecule has 0 atom stereocenters. The van der Waals surface area contributed by atoms with Crippen LogP contribution in [0.1, 0.15) is 12.5 Å². The van der Waals surface area contributed by atoms with E-state index in [9.17, 15) is 14.9 Å². The van der Waals surface area contributed by atoms with Crippen molar-refractivity contribution in [2.75, 3.05) is 6.61 Å². The zero-order valence-electron chi connectivity index (χ0n) is 8.47. The van der Waals surface area contributed by atoms with Gasteiger partial charge in [0, 0.05) is 6.07 Å². The van der Waals surface area contributed by atoms with E-state index in [-0.39, 0.29) is 23.9 Å². The third-order valence-electron chi connectivity index (χ3n) is 1.75. The second-order valence-corrected chi connectivity index (χ2v) is 3.28. The first-order chi connectivity index (χ1) is 7.54. The molecule has 0 unspecified atom stereocenters. The molecule has 0 bridgehead atoms. The number of rotatable bonds is 4. The van der Waals surface area contributed by atoms with Gasteiger partial charge in [0.05, 0.1) is 18.1 Å². The van der Waals surface area contributed by atoms with Crippen molar-refractivity contribution in [3.05, 3.63) is 33.0 Å². The van der Waals surface area contributed by atoms with Crippen LogP contribution in [0.2, 0.25) is 5.02 Å². The lowest BCUT2D eigenvalue weighted by molar-refractivity contribution is -0.389. The van der Waals surface area contributed by atoms with E-state index in [1.807, 2.05) is 0 Å². The number of pyridine rings is 1. The number of esters is 1. The first-order valence-corrected chi connectivity index (χ1v) is 4.86. The van der Waals surface area contributed by atoms with Crippen molar-refractivity contribution in [2.45, 2.75) is 13.3 Å². The first-order valence-electron chi connectivity index (χ1n) is 4.49. The zero-order chi connectivity index (χ0) is 12.1. The van der Waals surface area contributed by atoms with Gasteiger partial charge in [0.1, 0.15) is 0 Å². The van der Waals surface area contributed by atoms with Crippen molar-refractivity contribution in [2.24, 2.45) is 0 Å². The number of hydrogen-bond donors (Lipinski definition) is 0. The molecule has 16 heavy (non-hydrogen) atoms. The largest absolute Gasteiger partial charge is 0.466 e. The van der Waals surface area contributed by atoms with Gasteiger partial charge < -0.3 is 14.9 Å². The maximum Gasteiger partial charge on any atom is 0.363 e. The minimum absolute atomic E-state index is 0.101. The Labute approximate surface area is 96.3 Å². The molecule has 0 spiro atoms. The molecule has 7 heteroatoms. The Kier molecular flexibility index (Phi) is 4.19. The van der Waals surface area contributed by atoms with E-state index < -0.39 is 10.9 Å². The second-order valence-electron chi connectivity index (χ2n) is 2.87. The summed E-state index contributed by atoms with van der Waals surface area (Å²) in [5.41, 5.74) is 0.335.